The SMILES string of the molecule is Cc1cccc(N2C=C(c3c(Cl)cccc3Cl)NN2)n1. The predicted molar refractivity (Wildman–Crippen MR) is 82.2 cm³/mol. The molecule has 0 saturated carbocycles. The summed E-state index contributed by atoms with van der Waals surface area (Å²) >= 11 is 12.4. The molecule has 6 heteroatoms. The number of halogens is 2. The minimum atomic E-state index is 0.595. The molecule has 0 atom stereocenters. The van der Waals surface area contributed by atoms with Crippen molar-refractivity contribution in [1.82, 2.24) is 15.9 Å². The summed E-state index contributed by atoms with van der Waals surface area (Å²) in [6, 6.07) is 11.2. The van der Waals surface area contributed by atoms with E-state index >= 15 is 0 Å². The molecule has 0 fully saturated rings. The Morgan fingerprint density at radius 2 is 1.75 bits per heavy atom. The van der Waals surface area contributed by atoms with Gasteiger partial charge in [0, 0.05) is 11.3 Å². The molecule has 20 heavy (non-hydrogen) atoms. The normalized spacial score (nSPS) is 14.2. The van der Waals surface area contributed by atoms with Gasteiger partial charge in [-0.3, -0.25) is 0 Å². The molecule has 0 unspecified atom stereocenters. The van der Waals surface area contributed by atoms with Crippen LogP contribution >= 0.6 is 23.2 Å². The first kappa shape index (κ1) is 13.2. The fourth-order valence-electron chi connectivity index (χ4n) is 1.98. The number of nitrogens with one attached hydrogen (secondary N) is 2. The molecule has 1 aliphatic heterocycles. The van der Waals surface area contributed by atoms with Crippen LogP contribution in [0, 0.1) is 6.92 Å². The van der Waals surface area contributed by atoms with Gasteiger partial charge >= 0.3 is 0 Å². The Morgan fingerprint density at radius 1 is 1.05 bits per heavy atom. The Labute approximate surface area is 127 Å². The maximum Gasteiger partial charge on any atom is 0.148 e. The highest BCUT2D eigenvalue weighted by Crippen LogP contribution is 2.31. The van der Waals surface area contributed by atoms with E-state index in [0.717, 1.165) is 22.8 Å². The van der Waals surface area contributed by atoms with E-state index < -0.39 is 0 Å². The van der Waals surface area contributed by atoms with Crippen molar-refractivity contribution in [2.75, 3.05) is 5.01 Å². The van der Waals surface area contributed by atoms with Crippen molar-refractivity contribution < 1.29 is 0 Å². The van der Waals surface area contributed by atoms with Crippen LogP contribution in [-0.2, 0) is 0 Å². The standard InChI is InChI=1S/C14H12Cl2N4/c1-9-4-2-7-13(17-9)20-8-12(18-19-20)14-10(15)5-3-6-11(14)16/h2-8,18-19H,1H3. The van der Waals surface area contributed by atoms with E-state index in [2.05, 4.69) is 15.9 Å². The summed E-state index contributed by atoms with van der Waals surface area (Å²) in [5, 5.41) is 2.97. The lowest BCUT2D eigenvalue weighted by Gasteiger charge is -2.13. The molecule has 0 aliphatic carbocycles. The van der Waals surface area contributed by atoms with Crippen molar-refractivity contribution in [3.63, 3.8) is 0 Å². The number of pyridine rings is 1. The molecule has 1 aromatic carbocycles. The van der Waals surface area contributed by atoms with Crippen molar-refractivity contribution in [3.05, 3.63) is 63.9 Å². The zero-order chi connectivity index (χ0) is 14.1. The Balaban J connectivity index is 1.96. The van der Waals surface area contributed by atoms with Crippen LogP contribution in [0.15, 0.2) is 42.6 Å². The summed E-state index contributed by atoms with van der Waals surface area (Å²) in [7, 11) is 0. The second kappa shape index (κ2) is 5.32. The van der Waals surface area contributed by atoms with Gasteiger partial charge in [-0.1, -0.05) is 35.3 Å². The first-order chi connectivity index (χ1) is 9.65. The average molecular weight is 307 g/mol. The average Bonchev–Trinajstić information content (AvgIpc) is 2.88. The summed E-state index contributed by atoms with van der Waals surface area (Å²) in [4.78, 5) is 4.44. The van der Waals surface area contributed by atoms with Crippen LogP contribution in [0.25, 0.3) is 5.70 Å². The number of hydrazine groups is 2. The van der Waals surface area contributed by atoms with Crippen LogP contribution in [-0.4, -0.2) is 4.98 Å². The molecule has 3 rings (SSSR count). The van der Waals surface area contributed by atoms with Gasteiger partial charge in [-0.05, 0) is 31.2 Å². The van der Waals surface area contributed by atoms with E-state index in [1.54, 1.807) is 17.1 Å². The number of hydrogen-bond acceptors (Lipinski definition) is 4. The van der Waals surface area contributed by atoms with Crippen molar-refractivity contribution in [2.24, 2.45) is 0 Å². The highest BCUT2D eigenvalue weighted by Gasteiger charge is 2.19. The van der Waals surface area contributed by atoms with E-state index in [9.17, 15) is 0 Å². The van der Waals surface area contributed by atoms with Crippen LogP contribution in [0.3, 0.4) is 0 Å². The molecule has 2 heterocycles. The number of nitrogens with zero attached hydrogens (tertiary/aromatic N) is 2. The molecule has 4 nitrogen and oxygen atoms in total. The number of hydrogen-bond donors (Lipinski definition) is 2. The van der Waals surface area contributed by atoms with Gasteiger partial charge < -0.3 is 5.43 Å². The zero-order valence-corrected chi connectivity index (χ0v) is 12.2. The number of anilines is 1. The smallest absolute Gasteiger partial charge is 0.148 e. The highest BCUT2D eigenvalue weighted by molar-refractivity contribution is 6.37. The number of aryl methyl sites for hydroxylation is 1. The first-order valence-corrected chi connectivity index (χ1v) is 6.81. The lowest BCUT2D eigenvalue weighted by molar-refractivity contribution is 0.680. The highest BCUT2D eigenvalue weighted by atomic mass is 35.5. The van der Waals surface area contributed by atoms with Crippen molar-refractivity contribution in [2.45, 2.75) is 6.92 Å². The van der Waals surface area contributed by atoms with Crippen LogP contribution in [0.4, 0.5) is 5.82 Å². The van der Waals surface area contributed by atoms with Crippen LogP contribution in [0.5, 0.6) is 0 Å². The molecule has 2 aromatic rings. The Kier molecular flexibility index (Phi) is 3.53. The third-order valence-electron chi connectivity index (χ3n) is 2.92. The van der Waals surface area contributed by atoms with E-state index in [1.165, 1.54) is 0 Å². The van der Waals surface area contributed by atoms with Gasteiger partial charge in [0.2, 0.25) is 0 Å². The maximum absolute atomic E-state index is 6.20. The van der Waals surface area contributed by atoms with Gasteiger partial charge in [0.05, 0.1) is 21.9 Å². The van der Waals surface area contributed by atoms with Gasteiger partial charge in [0.1, 0.15) is 5.82 Å². The molecule has 1 aromatic heterocycles. The number of rotatable bonds is 2. The largest absolute Gasteiger partial charge is 0.301 e. The van der Waals surface area contributed by atoms with Gasteiger partial charge in [0.25, 0.3) is 0 Å². The molecule has 0 spiro atoms. The fourth-order valence-corrected chi connectivity index (χ4v) is 2.58. The third-order valence-corrected chi connectivity index (χ3v) is 3.55. The van der Waals surface area contributed by atoms with Gasteiger partial charge in [0.15, 0.2) is 0 Å². The second-order valence-electron chi connectivity index (χ2n) is 4.38. The maximum atomic E-state index is 6.20. The summed E-state index contributed by atoms with van der Waals surface area (Å²) in [5.41, 5.74) is 8.57. The topological polar surface area (TPSA) is 40.2 Å². The summed E-state index contributed by atoms with van der Waals surface area (Å²) in [5.74, 6) is 0.788. The lowest BCUT2D eigenvalue weighted by Crippen LogP contribution is -2.36. The van der Waals surface area contributed by atoms with E-state index in [4.69, 9.17) is 23.2 Å². The Morgan fingerprint density at radius 3 is 2.45 bits per heavy atom. The molecule has 0 bridgehead atoms. The zero-order valence-electron chi connectivity index (χ0n) is 10.7. The fraction of sp³-hybridized carbons (Fsp3) is 0.0714. The molecule has 102 valence electrons. The van der Waals surface area contributed by atoms with E-state index in [-0.39, 0.29) is 0 Å². The first-order valence-electron chi connectivity index (χ1n) is 6.06. The van der Waals surface area contributed by atoms with Crippen LogP contribution in [0.2, 0.25) is 10.0 Å². The molecule has 2 N–H and O–H groups in total. The lowest BCUT2D eigenvalue weighted by atomic mass is 10.2. The predicted octanol–water partition coefficient (Wildman–Crippen LogP) is 3.52. The monoisotopic (exact) mass is 306 g/mol. The van der Waals surface area contributed by atoms with E-state index in [0.29, 0.717) is 10.0 Å². The van der Waals surface area contributed by atoms with E-state index in [1.807, 2.05) is 37.4 Å². The molecule has 0 radical (unpaired) electrons. The number of benzene rings is 1. The molecule has 1 aliphatic rings. The number of aromatic nitrogens is 1. The van der Waals surface area contributed by atoms with Crippen LogP contribution < -0.4 is 16.0 Å². The third kappa shape index (κ3) is 2.45. The molecular weight excluding hydrogens is 295 g/mol. The van der Waals surface area contributed by atoms with Gasteiger partial charge in [-0.2, -0.15) is 0 Å². The minimum Gasteiger partial charge on any atom is -0.301 e. The van der Waals surface area contributed by atoms with Crippen molar-refractivity contribution in [3.8, 4) is 0 Å². The summed E-state index contributed by atoms with van der Waals surface area (Å²) in [6.07, 6.45) is 1.87. The molecule has 0 saturated heterocycles. The second-order valence-corrected chi connectivity index (χ2v) is 5.20. The summed E-state index contributed by atoms with van der Waals surface area (Å²) < 4.78 is 0. The molecular formula is C14H12Cl2N4. The van der Waals surface area contributed by atoms with Gasteiger partial charge in [-0.25, -0.2) is 9.99 Å². The summed E-state index contributed by atoms with van der Waals surface area (Å²) in [6.45, 7) is 1.95. The Hall–Kier alpha value is -1.75. The van der Waals surface area contributed by atoms with Crippen molar-refractivity contribution >= 4 is 34.7 Å². The Bertz CT molecular complexity index is 664. The quantitative estimate of drug-likeness (QED) is 0.890. The molecule has 0 amide bonds. The minimum absolute atomic E-state index is 0.595. The van der Waals surface area contributed by atoms with Crippen molar-refractivity contribution in [1.29, 1.82) is 0 Å². The van der Waals surface area contributed by atoms with Gasteiger partial charge in [-0.15, -0.1) is 5.53 Å². The van der Waals surface area contributed by atoms with Crippen LogP contribution in [0.1, 0.15) is 11.3 Å².